The number of aromatic nitrogens is 2. The van der Waals surface area contributed by atoms with Gasteiger partial charge in [0.2, 0.25) is 10.1 Å². The van der Waals surface area contributed by atoms with Gasteiger partial charge in [-0.15, -0.1) is 10.2 Å². The Morgan fingerprint density at radius 1 is 1.44 bits per heavy atom. The van der Waals surface area contributed by atoms with Gasteiger partial charge in [-0.05, 0) is 13.8 Å². The van der Waals surface area contributed by atoms with E-state index in [1.807, 2.05) is 13.8 Å². The van der Waals surface area contributed by atoms with Gasteiger partial charge >= 0.3 is 0 Å². The molecule has 1 saturated heterocycles. The molecule has 1 amide bonds. The highest BCUT2D eigenvalue weighted by Gasteiger charge is 2.28. The summed E-state index contributed by atoms with van der Waals surface area (Å²) >= 11 is 1.12. The molecule has 1 aromatic rings. The Morgan fingerprint density at radius 2 is 2.06 bits per heavy atom. The van der Waals surface area contributed by atoms with Crippen LogP contribution in [0.5, 0.6) is 0 Å². The smallest absolute Gasteiger partial charge is 0.285 e. The maximum absolute atomic E-state index is 12.0. The Kier molecular flexibility index (Phi) is 3.06. The number of amides is 1. The molecule has 1 aliphatic heterocycles. The zero-order chi connectivity index (χ0) is 11.7. The van der Waals surface area contributed by atoms with Gasteiger partial charge in [0.25, 0.3) is 5.91 Å². The van der Waals surface area contributed by atoms with Crippen molar-refractivity contribution in [2.24, 2.45) is 0 Å². The number of hydrogen-bond donors (Lipinski definition) is 1. The van der Waals surface area contributed by atoms with Crippen LogP contribution in [0, 0.1) is 0 Å². The summed E-state index contributed by atoms with van der Waals surface area (Å²) in [5, 5.41) is 8.05. The van der Waals surface area contributed by atoms with E-state index < -0.39 is 0 Å². The second-order valence-corrected chi connectivity index (χ2v) is 4.92. The summed E-state index contributed by atoms with van der Waals surface area (Å²) in [6, 6.07) is 0. The van der Waals surface area contributed by atoms with Crippen LogP contribution < -0.4 is 5.73 Å². The van der Waals surface area contributed by atoms with Crippen LogP contribution in [-0.4, -0.2) is 46.3 Å². The quantitative estimate of drug-likeness (QED) is 0.769. The van der Waals surface area contributed by atoms with Crippen molar-refractivity contribution in [1.82, 2.24) is 15.1 Å². The number of morpholine rings is 1. The third kappa shape index (κ3) is 2.30. The summed E-state index contributed by atoms with van der Waals surface area (Å²) in [4.78, 5) is 13.8. The van der Waals surface area contributed by atoms with Crippen LogP contribution >= 0.6 is 11.3 Å². The van der Waals surface area contributed by atoms with Crippen LogP contribution in [0.4, 0.5) is 5.13 Å². The second-order valence-electron chi connectivity index (χ2n) is 3.91. The van der Waals surface area contributed by atoms with Gasteiger partial charge in [0.15, 0.2) is 0 Å². The van der Waals surface area contributed by atoms with Crippen molar-refractivity contribution in [3.63, 3.8) is 0 Å². The number of carbonyl (C=O) groups excluding carboxylic acids is 1. The summed E-state index contributed by atoms with van der Waals surface area (Å²) < 4.78 is 5.56. The van der Waals surface area contributed by atoms with E-state index in [0.717, 1.165) is 11.3 Å². The lowest BCUT2D eigenvalue weighted by atomic mass is 10.2. The van der Waals surface area contributed by atoms with Gasteiger partial charge in [-0.25, -0.2) is 0 Å². The summed E-state index contributed by atoms with van der Waals surface area (Å²) in [5.74, 6) is -0.115. The topological polar surface area (TPSA) is 81.3 Å². The Morgan fingerprint density at radius 3 is 2.56 bits per heavy atom. The molecule has 0 aromatic carbocycles. The van der Waals surface area contributed by atoms with Crippen molar-refractivity contribution in [3.8, 4) is 0 Å². The van der Waals surface area contributed by atoms with E-state index in [2.05, 4.69) is 10.2 Å². The van der Waals surface area contributed by atoms with E-state index in [-0.39, 0.29) is 18.1 Å². The van der Waals surface area contributed by atoms with Crippen LogP contribution in [0.3, 0.4) is 0 Å². The average Bonchev–Trinajstić information content (AvgIpc) is 2.62. The Hall–Kier alpha value is -1.21. The molecule has 1 fully saturated rings. The minimum atomic E-state index is -0.115. The fraction of sp³-hybridized carbons (Fsp3) is 0.667. The van der Waals surface area contributed by atoms with E-state index in [1.165, 1.54) is 0 Å². The first-order valence-corrected chi connectivity index (χ1v) is 5.91. The Balaban J connectivity index is 2.09. The lowest BCUT2D eigenvalue weighted by Crippen LogP contribution is -2.48. The van der Waals surface area contributed by atoms with Crippen LogP contribution in [-0.2, 0) is 4.74 Å². The van der Waals surface area contributed by atoms with Gasteiger partial charge < -0.3 is 15.4 Å². The number of nitrogens with two attached hydrogens (primary N) is 1. The van der Waals surface area contributed by atoms with Crippen molar-refractivity contribution in [2.45, 2.75) is 26.1 Å². The van der Waals surface area contributed by atoms with Gasteiger partial charge in [0.05, 0.1) is 12.2 Å². The molecule has 2 N–H and O–H groups in total. The highest BCUT2D eigenvalue weighted by molar-refractivity contribution is 7.16. The summed E-state index contributed by atoms with van der Waals surface area (Å²) in [5.41, 5.74) is 5.45. The van der Waals surface area contributed by atoms with Gasteiger partial charge in [0.1, 0.15) is 0 Å². The predicted octanol–water partition coefficient (Wildman–Crippen LogP) is 0.370. The molecule has 0 aliphatic carbocycles. The number of nitrogens with zero attached hydrogens (tertiary/aromatic N) is 3. The Labute approximate surface area is 97.4 Å². The van der Waals surface area contributed by atoms with E-state index in [9.17, 15) is 4.79 Å². The lowest BCUT2D eigenvalue weighted by molar-refractivity contribution is -0.0586. The fourth-order valence-electron chi connectivity index (χ4n) is 1.80. The molecule has 2 unspecified atom stereocenters. The first-order chi connectivity index (χ1) is 7.56. The minimum absolute atomic E-state index is 0.0537. The third-order valence-electron chi connectivity index (χ3n) is 2.33. The highest BCUT2D eigenvalue weighted by atomic mass is 32.1. The number of rotatable bonds is 1. The maximum atomic E-state index is 12.0. The number of anilines is 1. The third-order valence-corrected chi connectivity index (χ3v) is 3.07. The van der Waals surface area contributed by atoms with E-state index in [4.69, 9.17) is 10.5 Å². The molecule has 1 aliphatic rings. The molecular formula is C9H14N4O2S. The summed E-state index contributed by atoms with van der Waals surface area (Å²) in [6.45, 7) is 5.07. The Bertz CT molecular complexity index is 385. The maximum Gasteiger partial charge on any atom is 0.285 e. The predicted molar refractivity (Wildman–Crippen MR) is 60.2 cm³/mol. The number of hydrogen-bond acceptors (Lipinski definition) is 6. The van der Waals surface area contributed by atoms with E-state index in [1.54, 1.807) is 4.90 Å². The second kappa shape index (κ2) is 4.34. The number of nitrogen functional groups attached to an aromatic ring is 1. The lowest BCUT2D eigenvalue weighted by Gasteiger charge is -2.34. The molecule has 2 atom stereocenters. The molecule has 1 aromatic heterocycles. The van der Waals surface area contributed by atoms with Gasteiger partial charge in [-0.1, -0.05) is 11.3 Å². The average molecular weight is 242 g/mol. The number of carbonyl (C=O) groups is 1. The van der Waals surface area contributed by atoms with Crippen molar-refractivity contribution in [2.75, 3.05) is 18.8 Å². The molecule has 6 nitrogen and oxygen atoms in total. The molecule has 16 heavy (non-hydrogen) atoms. The van der Waals surface area contributed by atoms with E-state index in [0.29, 0.717) is 23.2 Å². The van der Waals surface area contributed by atoms with Crippen LogP contribution in [0.2, 0.25) is 0 Å². The molecule has 2 heterocycles. The largest absolute Gasteiger partial charge is 0.374 e. The van der Waals surface area contributed by atoms with Crippen LogP contribution in [0.1, 0.15) is 23.6 Å². The SMILES string of the molecule is CC1CN(C(=O)c2nnc(N)s2)CC(C)O1. The summed E-state index contributed by atoms with van der Waals surface area (Å²) in [6.07, 6.45) is 0.107. The molecule has 0 bridgehead atoms. The zero-order valence-electron chi connectivity index (χ0n) is 9.21. The molecule has 0 spiro atoms. The van der Waals surface area contributed by atoms with Gasteiger partial charge in [0, 0.05) is 13.1 Å². The standard InChI is InChI=1S/C9H14N4O2S/c1-5-3-13(4-6(2)15-5)8(14)7-11-12-9(10)16-7/h5-6H,3-4H2,1-2H3,(H2,10,12). The summed E-state index contributed by atoms with van der Waals surface area (Å²) in [7, 11) is 0. The number of ether oxygens (including phenoxy) is 1. The van der Waals surface area contributed by atoms with Crippen molar-refractivity contribution < 1.29 is 9.53 Å². The normalized spacial score (nSPS) is 25.8. The zero-order valence-corrected chi connectivity index (χ0v) is 10.0. The monoisotopic (exact) mass is 242 g/mol. The van der Waals surface area contributed by atoms with Crippen molar-refractivity contribution in [3.05, 3.63) is 5.01 Å². The van der Waals surface area contributed by atoms with Gasteiger partial charge in [-0.3, -0.25) is 4.79 Å². The molecule has 7 heteroatoms. The minimum Gasteiger partial charge on any atom is -0.374 e. The van der Waals surface area contributed by atoms with Crippen molar-refractivity contribution >= 4 is 22.4 Å². The van der Waals surface area contributed by atoms with Crippen molar-refractivity contribution in [1.29, 1.82) is 0 Å². The van der Waals surface area contributed by atoms with Crippen LogP contribution in [0.25, 0.3) is 0 Å². The first-order valence-electron chi connectivity index (χ1n) is 5.10. The molecule has 88 valence electrons. The van der Waals surface area contributed by atoms with Crippen LogP contribution in [0.15, 0.2) is 0 Å². The molecule has 2 rings (SSSR count). The molecular weight excluding hydrogens is 228 g/mol. The molecule has 0 radical (unpaired) electrons. The van der Waals surface area contributed by atoms with E-state index >= 15 is 0 Å². The van der Waals surface area contributed by atoms with Gasteiger partial charge in [-0.2, -0.15) is 0 Å². The highest BCUT2D eigenvalue weighted by Crippen LogP contribution is 2.17. The first kappa shape index (κ1) is 11.3. The molecule has 0 saturated carbocycles. The fourth-order valence-corrected chi connectivity index (χ4v) is 2.38.